The molecule has 0 aliphatic heterocycles. The molecule has 0 saturated heterocycles. The molecule has 3 aromatic rings. The Bertz CT molecular complexity index is 920. The van der Waals surface area contributed by atoms with Crippen LogP contribution in [0.5, 0.6) is 0 Å². The molecule has 0 aliphatic rings. The molecule has 26 heavy (non-hydrogen) atoms. The third-order valence-corrected chi connectivity index (χ3v) is 4.72. The number of thiophene rings is 1. The van der Waals surface area contributed by atoms with Crippen LogP contribution < -0.4 is 5.32 Å². The van der Waals surface area contributed by atoms with Crippen molar-refractivity contribution in [1.29, 1.82) is 0 Å². The zero-order valence-corrected chi connectivity index (χ0v) is 14.8. The van der Waals surface area contributed by atoms with E-state index in [1.807, 2.05) is 30.3 Å². The molecule has 1 N–H and O–H groups in total. The highest BCUT2D eigenvalue weighted by atomic mass is 32.1. The van der Waals surface area contributed by atoms with Gasteiger partial charge in [-0.05, 0) is 42.8 Å². The molecule has 0 aliphatic carbocycles. The Hall–Kier alpha value is -2.99. The van der Waals surface area contributed by atoms with Crippen molar-refractivity contribution < 1.29 is 18.7 Å². The lowest BCUT2D eigenvalue weighted by atomic mass is 10.1. The summed E-state index contributed by atoms with van der Waals surface area (Å²) < 4.78 is 18.1. The van der Waals surface area contributed by atoms with Gasteiger partial charge in [0.05, 0.1) is 12.2 Å². The first-order chi connectivity index (χ1) is 12.6. The number of halogens is 1. The average molecular weight is 369 g/mol. The van der Waals surface area contributed by atoms with Crippen LogP contribution in [0.15, 0.2) is 60.7 Å². The van der Waals surface area contributed by atoms with Gasteiger partial charge in [-0.15, -0.1) is 11.3 Å². The second-order valence-corrected chi connectivity index (χ2v) is 6.45. The SMILES string of the molecule is CCOC(=O)c1cc(-c2ccccc2)sc1NC(=O)c1ccc(F)cc1. The maximum absolute atomic E-state index is 13.0. The number of ether oxygens (including phenoxy) is 1. The maximum atomic E-state index is 13.0. The molecule has 0 saturated carbocycles. The van der Waals surface area contributed by atoms with E-state index < -0.39 is 17.7 Å². The van der Waals surface area contributed by atoms with Crippen LogP contribution in [-0.2, 0) is 4.74 Å². The van der Waals surface area contributed by atoms with Gasteiger partial charge >= 0.3 is 5.97 Å². The van der Waals surface area contributed by atoms with Gasteiger partial charge in [0.1, 0.15) is 10.8 Å². The number of benzene rings is 2. The quantitative estimate of drug-likeness (QED) is 0.645. The Labute approximate surface area is 154 Å². The highest BCUT2D eigenvalue weighted by Gasteiger charge is 2.20. The minimum atomic E-state index is -0.500. The van der Waals surface area contributed by atoms with Gasteiger partial charge in [-0.2, -0.15) is 0 Å². The first kappa shape index (κ1) is 17.8. The molecular weight excluding hydrogens is 353 g/mol. The van der Waals surface area contributed by atoms with E-state index in [4.69, 9.17) is 4.74 Å². The van der Waals surface area contributed by atoms with Crippen LogP contribution in [0.1, 0.15) is 27.6 Å². The smallest absolute Gasteiger partial charge is 0.341 e. The van der Waals surface area contributed by atoms with E-state index in [0.717, 1.165) is 10.4 Å². The van der Waals surface area contributed by atoms with E-state index in [1.165, 1.54) is 35.6 Å². The molecule has 2 aromatic carbocycles. The second kappa shape index (κ2) is 7.93. The van der Waals surface area contributed by atoms with Crippen LogP contribution >= 0.6 is 11.3 Å². The van der Waals surface area contributed by atoms with E-state index in [-0.39, 0.29) is 6.61 Å². The monoisotopic (exact) mass is 369 g/mol. The van der Waals surface area contributed by atoms with Crippen molar-refractivity contribution in [2.24, 2.45) is 0 Å². The number of nitrogens with one attached hydrogen (secondary N) is 1. The molecule has 0 fully saturated rings. The lowest BCUT2D eigenvalue weighted by Crippen LogP contribution is -2.14. The Morgan fingerprint density at radius 3 is 2.42 bits per heavy atom. The number of esters is 1. The van der Waals surface area contributed by atoms with Crippen LogP contribution in [0.3, 0.4) is 0 Å². The summed E-state index contributed by atoms with van der Waals surface area (Å²) in [6, 6.07) is 16.5. The standard InChI is InChI=1S/C20H16FNO3S/c1-2-25-20(24)16-12-17(13-6-4-3-5-7-13)26-19(16)22-18(23)14-8-10-15(21)11-9-14/h3-12H,2H2,1H3,(H,22,23). The van der Waals surface area contributed by atoms with Gasteiger partial charge < -0.3 is 10.1 Å². The molecular formula is C20H16FNO3S. The predicted molar refractivity (Wildman–Crippen MR) is 100 cm³/mol. The molecule has 1 amide bonds. The fourth-order valence-electron chi connectivity index (χ4n) is 2.37. The molecule has 0 atom stereocenters. The van der Waals surface area contributed by atoms with Gasteiger partial charge in [0, 0.05) is 10.4 Å². The van der Waals surface area contributed by atoms with Gasteiger partial charge in [-0.1, -0.05) is 30.3 Å². The fourth-order valence-corrected chi connectivity index (χ4v) is 3.41. The number of carbonyl (C=O) groups excluding carboxylic acids is 2. The van der Waals surface area contributed by atoms with Crippen LogP contribution in [0.2, 0.25) is 0 Å². The molecule has 4 nitrogen and oxygen atoms in total. The van der Waals surface area contributed by atoms with E-state index >= 15 is 0 Å². The minimum Gasteiger partial charge on any atom is -0.462 e. The number of rotatable bonds is 5. The van der Waals surface area contributed by atoms with Crippen molar-refractivity contribution in [2.75, 3.05) is 11.9 Å². The number of amides is 1. The van der Waals surface area contributed by atoms with Crippen LogP contribution in [0, 0.1) is 5.82 Å². The number of carbonyl (C=O) groups is 2. The summed E-state index contributed by atoms with van der Waals surface area (Å²) in [7, 11) is 0. The van der Waals surface area contributed by atoms with Gasteiger partial charge in [-0.25, -0.2) is 9.18 Å². The van der Waals surface area contributed by atoms with Crippen molar-refractivity contribution in [3.63, 3.8) is 0 Å². The van der Waals surface area contributed by atoms with Gasteiger partial charge in [0.15, 0.2) is 0 Å². The van der Waals surface area contributed by atoms with Crippen molar-refractivity contribution >= 4 is 28.2 Å². The largest absolute Gasteiger partial charge is 0.462 e. The Balaban J connectivity index is 1.93. The molecule has 1 aromatic heterocycles. The van der Waals surface area contributed by atoms with Gasteiger partial charge in [-0.3, -0.25) is 4.79 Å². The van der Waals surface area contributed by atoms with Crippen molar-refractivity contribution in [1.82, 2.24) is 0 Å². The van der Waals surface area contributed by atoms with Gasteiger partial charge in [0.2, 0.25) is 0 Å². The lowest BCUT2D eigenvalue weighted by molar-refractivity contribution is 0.0528. The normalized spacial score (nSPS) is 10.4. The summed E-state index contributed by atoms with van der Waals surface area (Å²) in [6.07, 6.45) is 0. The van der Waals surface area contributed by atoms with Crippen molar-refractivity contribution in [2.45, 2.75) is 6.92 Å². The zero-order chi connectivity index (χ0) is 18.5. The molecule has 1 heterocycles. The highest BCUT2D eigenvalue weighted by molar-refractivity contribution is 7.20. The van der Waals surface area contributed by atoms with E-state index in [2.05, 4.69) is 5.32 Å². The third-order valence-electron chi connectivity index (χ3n) is 3.62. The van der Waals surface area contributed by atoms with Crippen LogP contribution in [0.4, 0.5) is 9.39 Å². The molecule has 0 bridgehead atoms. The Morgan fingerprint density at radius 1 is 1.08 bits per heavy atom. The minimum absolute atomic E-state index is 0.237. The summed E-state index contributed by atoms with van der Waals surface area (Å²) in [6.45, 7) is 1.96. The summed E-state index contributed by atoms with van der Waals surface area (Å²) >= 11 is 1.29. The van der Waals surface area contributed by atoms with Crippen molar-refractivity contribution in [3.05, 3.63) is 77.6 Å². The van der Waals surface area contributed by atoms with Crippen LogP contribution in [0.25, 0.3) is 10.4 Å². The number of anilines is 1. The molecule has 0 unspecified atom stereocenters. The summed E-state index contributed by atoms with van der Waals surface area (Å²) in [5.41, 5.74) is 1.53. The Morgan fingerprint density at radius 2 is 1.77 bits per heavy atom. The molecule has 3 rings (SSSR count). The van der Waals surface area contributed by atoms with Crippen LogP contribution in [-0.4, -0.2) is 18.5 Å². The summed E-state index contributed by atoms with van der Waals surface area (Å²) in [5, 5.41) is 3.13. The lowest BCUT2D eigenvalue weighted by Gasteiger charge is -2.06. The number of hydrogen-bond donors (Lipinski definition) is 1. The summed E-state index contributed by atoms with van der Waals surface area (Å²) in [5.74, 6) is -1.34. The molecule has 0 spiro atoms. The van der Waals surface area contributed by atoms with E-state index in [0.29, 0.717) is 16.1 Å². The van der Waals surface area contributed by atoms with E-state index in [9.17, 15) is 14.0 Å². The topological polar surface area (TPSA) is 55.4 Å². The number of hydrogen-bond acceptors (Lipinski definition) is 4. The summed E-state index contributed by atoms with van der Waals surface area (Å²) in [4.78, 5) is 25.5. The average Bonchev–Trinajstić information content (AvgIpc) is 3.07. The Kier molecular flexibility index (Phi) is 5.43. The molecule has 132 valence electrons. The maximum Gasteiger partial charge on any atom is 0.341 e. The third kappa shape index (κ3) is 3.97. The predicted octanol–water partition coefficient (Wildman–Crippen LogP) is 4.98. The first-order valence-electron chi connectivity index (χ1n) is 8.01. The fraction of sp³-hybridized carbons (Fsp3) is 0.100. The second-order valence-electron chi connectivity index (χ2n) is 5.40. The highest BCUT2D eigenvalue weighted by Crippen LogP contribution is 2.36. The first-order valence-corrected chi connectivity index (χ1v) is 8.83. The zero-order valence-electron chi connectivity index (χ0n) is 14.0. The van der Waals surface area contributed by atoms with Crippen molar-refractivity contribution in [3.8, 4) is 10.4 Å². The van der Waals surface area contributed by atoms with Gasteiger partial charge in [0.25, 0.3) is 5.91 Å². The molecule has 0 radical (unpaired) electrons. The van der Waals surface area contributed by atoms with E-state index in [1.54, 1.807) is 13.0 Å². The molecule has 6 heteroatoms.